The van der Waals surface area contributed by atoms with Crippen molar-refractivity contribution in [2.45, 2.75) is 24.3 Å². The second-order valence-electron chi connectivity index (χ2n) is 4.47. The van der Waals surface area contributed by atoms with Gasteiger partial charge in [0.1, 0.15) is 5.60 Å². The van der Waals surface area contributed by atoms with Crippen LogP contribution in [0.3, 0.4) is 0 Å². The molecular formula is C12H17NO4S. The standard InChI is InChI=1S/C12H17NO4S/c1-12(2,17-3)11(14)13-9-5-7-10(8-6-9)18(4,15)16/h5-8H,1-4H3,(H,13,14). The van der Waals surface area contributed by atoms with Crippen molar-refractivity contribution in [3.63, 3.8) is 0 Å². The summed E-state index contributed by atoms with van der Waals surface area (Å²) in [5, 5.41) is 2.65. The Kier molecular flexibility index (Phi) is 4.13. The summed E-state index contributed by atoms with van der Waals surface area (Å²) < 4.78 is 27.6. The van der Waals surface area contributed by atoms with E-state index >= 15 is 0 Å². The van der Waals surface area contributed by atoms with E-state index in [1.807, 2.05) is 0 Å². The van der Waals surface area contributed by atoms with E-state index in [1.165, 1.54) is 19.2 Å². The fourth-order valence-electron chi connectivity index (χ4n) is 1.16. The minimum Gasteiger partial charge on any atom is -0.369 e. The van der Waals surface area contributed by atoms with Crippen molar-refractivity contribution in [3.8, 4) is 0 Å². The van der Waals surface area contributed by atoms with Gasteiger partial charge in [0.05, 0.1) is 4.90 Å². The predicted molar refractivity (Wildman–Crippen MR) is 69.3 cm³/mol. The third-order valence-corrected chi connectivity index (χ3v) is 3.73. The van der Waals surface area contributed by atoms with Crippen LogP contribution >= 0.6 is 0 Å². The van der Waals surface area contributed by atoms with Crippen LogP contribution in [0.5, 0.6) is 0 Å². The average molecular weight is 271 g/mol. The van der Waals surface area contributed by atoms with Crippen LogP contribution in [0, 0.1) is 0 Å². The predicted octanol–water partition coefficient (Wildman–Crippen LogP) is 1.45. The molecule has 18 heavy (non-hydrogen) atoms. The fraction of sp³-hybridized carbons (Fsp3) is 0.417. The van der Waals surface area contributed by atoms with E-state index in [2.05, 4.69) is 5.32 Å². The summed E-state index contributed by atoms with van der Waals surface area (Å²) in [4.78, 5) is 12.0. The molecule has 1 aromatic carbocycles. The number of rotatable bonds is 4. The summed E-state index contributed by atoms with van der Waals surface area (Å²) in [7, 11) is -1.77. The molecule has 1 rings (SSSR count). The third kappa shape index (κ3) is 3.54. The molecule has 0 spiro atoms. The van der Waals surface area contributed by atoms with Crippen LogP contribution in [0.4, 0.5) is 5.69 Å². The van der Waals surface area contributed by atoms with Gasteiger partial charge in [0, 0.05) is 19.1 Å². The lowest BCUT2D eigenvalue weighted by molar-refractivity contribution is -0.133. The van der Waals surface area contributed by atoms with E-state index in [0.29, 0.717) is 5.69 Å². The quantitative estimate of drug-likeness (QED) is 0.899. The number of carbonyl (C=O) groups excluding carboxylic acids is 1. The van der Waals surface area contributed by atoms with Crippen LogP contribution < -0.4 is 5.32 Å². The van der Waals surface area contributed by atoms with Gasteiger partial charge in [-0.25, -0.2) is 8.42 Å². The van der Waals surface area contributed by atoms with Gasteiger partial charge in [-0.3, -0.25) is 4.79 Å². The number of amides is 1. The second-order valence-corrected chi connectivity index (χ2v) is 6.48. The summed E-state index contributed by atoms with van der Waals surface area (Å²) in [5.74, 6) is -0.294. The van der Waals surface area contributed by atoms with Crippen LogP contribution in [-0.4, -0.2) is 33.3 Å². The Balaban J connectivity index is 2.86. The minimum atomic E-state index is -3.22. The van der Waals surface area contributed by atoms with Gasteiger partial charge in [0.2, 0.25) is 0 Å². The molecular weight excluding hydrogens is 254 g/mol. The van der Waals surface area contributed by atoms with Crippen molar-refractivity contribution < 1.29 is 17.9 Å². The lowest BCUT2D eigenvalue weighted by Gasteiger charge is -2.21. The molecule has 0 atom stereocenters. The minimum absolute atomic E-state index is 0.214. The Morgan fingerprint density at radius 2 is 1.72 bits per heavy atom. The first-order valence-electron chi connectivity index (χ1n) is 5.33. The summed E-state index contributed by atoms with van der Waals surface area (Å²) in [6.45, 7) is 3.29. The maximum Gasteiger partial charge on any atom is 0.256 e. The van der Waals surface area contributed by atoms with Gasteiger partial charge < -0.3 is 10.1 Å². The molecule has 0 aliphatic heterocycles. The van der Waals surface area contributed by atoms with Crippen LogP contribution in [0.2, 0.25) is 0 Å². The molecule has 0 aromatic heterocycles. The van der Waals surface area contributed by atoms with Crippen molar-refractivity contribution in [1.82, 2.24) is 0 Å². The Labute approximate surface area is 107 Å². The molecule has 1 aromatic rings. The van der Waals surface area contributed by atoms with Crippen molar-refractivity contribution in [2.24, 2.45) is 0 Å². The van der Waals surface area contributed by atoms with E-state index < -0.39 is 15.4 Å². The Morgan fingerprint density at radius 1 is 1.22 bits per heavy atom. The molecule has 0 saturated carbocycles. The normalized spacial score (nSPS) is 12.2. The number of anilines is 1. The topological polar surface area (TPSA) is 72.5 Å². The van der Waals surface area contributed by atoms with Gasteiger partial charge in [-0.2, -0.15) is 0 Å². The zero-order valence-electron chi connectivity index (χ0n) is 10.9. The number of methoxy groups -OCH3 is 1. The Hall–Kier alpha value is -1.40. The highest BCUT2D eigenvalue weighted by molar-refractivity contribution is 7.90. The van der Waals surface area contributed by atoms with Gasteiger partial charge in [-0.1, -0.05) is 0 Å². The van der Waals surface area contributed by atoms with E-state index in [1.54, 1.807) is 26.0 Å². The first kappa shape index (κ1) is 14.7. The molecule has 0 bridgehead atoms. The monoisotopic (exact) mass is 271 g/mol. The van der Waals surface area contributed by atoms with Crippen molar-refractivity contribution in [1.29, 1.82) is 0 Å². The average Bonchev–Trinajstić information content (AvgIpc) is 2.28. The molecule has 0 unspecified atom stereocenters. The highest BCUT2D eigenvalue weighted by atomic mass is 32.2. The lowest BCUT2D eigenvalue weighted by atomic mass is 10.1. The van der Waals surface area contributed by atoms with Gasteiger partial charge in [0.25, 0.3) is 5.91 Å². The van der Waals surface area contributed by atoms with Gasteiger partial charge in [0.15, 0.2) is 9.84 Å². The van der Waals surface area contributed by atoms with Crippen molar-refractivity contribution in [3.05, 3.63) is 24.3 Å². The molecule has 0 radical (unpaired) electrons. The van der Waals surface area contributed by atoms with Gasteiger partial charge in [-0.15, -0.1) is 0 Å². The molecule has 6 heteroatoms. The SMILES string of the molecule is COC(C)(C)C(=O)Nc1ccc(S(C)(=O)=O)cc1. The van der Waals surface area contributed by atoms with E-state index in [4.69, 9.17) is 4.74 Å². The second kappa shape index (κ2) is 5.07. The zero-order chi connectivity index (χ0) is 14.0. The molecule has 0 fully saturated rings. The number of benzene rings is 1. The third-order valence-electron chi connectivity index (χ3n) is 2.60. The van der Waals surface area contributed by atoms with Crippen LogP contribution in [-0.2, 0) is 19.4 Å². The van der Waals surface area contributed by atoms with E-state index in [9.17, 15) is 13.2 Å². The molecule has 1 amide bonds. The summed E-state index contributed by atoms with van der Waals surface area (Å²) in [5.41, 5.74) is -0.410. The molecule has 0 aliphatic carbocycles. The summed E-state index contributed by atoms with van der Waals surface area (Å²) >= 11 is 0. The lowest BCUT2D eigenvalue weighted by Crippen LogP contribution is -2.38. The highest BCUT2D eigenvalue weighted by Gasteiger charge is 2.26. The summed E-state index contributed by atoms with van der Waals surface area (Å²) in [6, 6.07) is 5.98. The number of hydrogen-bond acceptors (Lipinski definition) is 4. The van der Waals surface area contributed by atoms with E-state index in [0.717, 1.165) is 6.26 Å². The summed E-state index contributed by atoms with van der Waals surface area (Å²) in [6.07, 6.45) is 1.13. The Bertz CT molecular complexity index is 532. The number of hydrogen-bond donors (Lipinski definition) is 1. The number of sulfone groups is 1. The van der Waals surface area contributed by atoms with Crippen molar-refractivity contribution >= 4 is 21.4 Å². The zero-order valence-corrected chi connectivity index (χ0v) is 11.7. The number of nitrogens with one attached hydrogen (secondary N) is 1. The smallest absolute Gasteiger partial charge is 0.256 e. The van der Waals surface area contributed by atoms with Crippen molar-refractivity contribution in [2.75, 3.05) is 18.7 Å². The van der Waals surface area contributed by atoms with Crippen LogP contribution in [0.1, 0.15) is 13.8 Å². The van der Waals surface area contributed by atoms with Crippen LogP contribution in [0.25, 0.3) is 0 Å². The molecule has 0 saturated heterocycles. The van der Waals surface area contributed by atoms with Gasteiger partial charge in [-0.05, 0) is 38.1 Å². The molecule has 0 heterocycles. The van der Waals surface area contributed by atoms with Gasteiger partial charge >= 0.3 is 0 Å². The largest absolute Gasteiger partial charge is 0.369 e. The maximum absolute atomic E-state index is 11.8. The fourth-order valence-corrected chi connectivity index (χ4v) is 1.79. The Morgan fingerprint density at radius 3 is 2.11 bits per heavy atom. The van der Waals surface area contributed by atoms with Crippen LogP contribution in [0.15, 0.2) is 29.2 Å². The number of ether oxygens (including phenoxy) is 1. The first-order valence-corrected chi connectivity index (χ1v) is 7.22. The molecule has 5 nitrogen and oxygen atoms in total. The number of carbonyl (C=O) groups is 1. The molecule has 0 aliphatic rings. The molecule has 100 valence electrons. The van der Waals surface area contributed by atoms with E-state index in [-0.39, 0.29) is 10.8 Å². The highest BCUT2D eigenvalue weighted by Crippen LogP contribution is 2.16. The maximum atomic E-state index is 11.8. The first-order chi connectivity index (χ1) is 8.16. The molecule has 1 N–H and O–H groups in total.